The van der Waals surface area contributed by atoms with Crippen molar-refractivity contribution in [3.8, 4) is 0 Å². The molecule has 0 aliphatic heterocycles. The number of benzene rings is 1. The molecule has 0 spiro atoms. The van der Waals surface area contributed by atoms with Crippen molar-refractivity contribution in [2.45, 2.75) is 0 Å². The van der Waals surface area contributed by atoms with Gasteiger partial charge in [-0.2, -0.15) is 0 Å². The van der Waals surface area contributed by atoms with Crippen LogP contribution in [-0.2, 0) is 4.74 Å². The number of Topliss-reactive ketones (excluding diaryl/α,β-unsaturated/α-hetero) is 1. The number of rotatable bonds is 5. The fourth-order valence-corrected chi connectivity index (χ4v) is 2.60. The Kier molecular flexibility index (Phi) is 4.81. The van der Waals surface area contributed by atoms with Gasteiger partial charge in [-0.05, 0) is 18.2 Å². The summed E-state index contributed by atoms with van der Waals surface area (Å²) in [6.07, 6.45) is 0. The van der Waals surface area contributed by atoms with Crippen molar-refractivity contribution < 1.29 is 19.2 Å². The van der Waals surface area contributed by atoms with Crippen molar-refractivity contribution in [2.24, 2.45) is 0 Å². The van der Waals surface area contributed by atoms with Gasteiger partial charge in [-0.1, -0.05) is 39.4 Å². The monoisotopic (exact) mass is 369 g/mol. The van der Waals surface area contributed by atoms with Crippen LogP contribution < -0.4 is 0 Å². The maximum absolute atomic E-state index is 11.8. The van der Waals surface area contributed by atoms with Gasteiger partial charge in [0.15, 0.2) is 12.4 Å². The van der Waals surface area contributed by atoms with Gasteiger partial charge in [0.25, 0.3) is 0 Å². The van der Waals surface area contributed by atoms with Gasteiger partial charge >= 0.3 is 11.0 Å². The van der Waals surface area contributed by atoms with Gasteiger partial charge in [0.2, 0.25) is 0 Å². The van der Waals surface area contributed by atoms with Crippen molar-refractivity contribution in [3.63, 3.8) is 0 Å². The second-order valence-corrected chi connectivity index (χ2v) is 5.88. The van der Waals surface area contributed by atoms with Crippen LogP contribution in [0.2, 0.25) is 0 Å². The molecular weight excluding hydrogens is 362 g/mol. The van der Waals surface area contributed by atoms with Crippen LogP contribution in [0.5, 0.6) is 0 Å². The summed E-state index contributed by atoms with van der Waals surface area (Å²) >= 11 is 3.95. The third-order valence-corrected chi connectivity index (χ3v) is 3.96. The first-order valence-corrected chi connectivity index (χ1v) is 7.28. The first-order chi connectivity index (χ1) is 9.97. The molecule has 21 heavy (non-hydrogen) atoms. The highest BCUT2D eigenvalue weighted by Gasteiger charge is 2.17. The number of nitrogens with zero attached hydrogens (tertiary/aromatic N) is 1. The zero-order valence-electron chi connectivity index (χ0n) is 10.4. The molecule has 0 N–H and O–H groups in total. The van der Waals surface area contributed by atoms with E-state index in [1.807, 2.05) is 0 Å². The molecule has 1 heterocycles. The maximum Gasteiger partial charge on any atom is 0.349 e. The standard InChI is InChI=1S/C13H8BrNO5S/c14-9-3-1-2-8(6-9)10(16)7-20-13(17)11-4-5-12(21-11)15(18)19/h1-6H,7H2. The predicted molar refractivity (Wildman–Crippen MR) is 79.7 cm³/mol. The van der Waals surface area contributed by atoms with E-state index in [1.165, 1.54) is 12.1 Å². The Labute approximate surface area is 131 Å². The van der Waals surface area contributed by atoms with Crippen molar-refractivity contribution in [2.75, 3.05) is 6.61 Å². The molecule has 108 valence electrons. The highest BCUT2D eigenvalue weighted by molar-refractivity contribution is 9.10. The minimum absolute atomic E-state index is 0.0868. The molecule has 0 saturated carbocycles. The fraction of sp³-hybridized carbons (Fsp3) is 0.0769. The van der Waals surface area contributed by atoms with Crippen molar-refractivity contribution in [3.05, 3.63) is 61.4 Å². The average molecular weight is 370 g/mol. The molecule has 2 aromatic rings. The molecule has 0 saturated heterocycles. The molecular formula is C13H8BrNO5S. The average Bonchev–Trinajstić information content (AvgIpc) is 2.94. The summed E-state index contributed by atoms with van der Waals surface area (Å²) in [6, 6.07) is 9.21. The lowest BCUT2D eigenvalue weighted by molar-refractivity contribution is -0.380. The number of hydrogen-bond donors (Lipinski definition) is 0. The van der Waals surface area contributed by atoms with Crippen molar-refractivity contribution >= 4 is 44.0 Å². The number of ketones is 1. The topological polar surface area (TPSA) is 86.5 Å². The van der Waals surface area contributed by atoms with Crippen LogP contribution in [0.4, 0.5) is 5.00 Å². The Morgan fingerprint density at radius 3 is 2.67 bits per heavy atom. The molecule has 0 fully saturated rings. The molecule has 8 heteroatoms. The van der Waals surface area contributed by atoms with E-state index in [9.17, 15) is 19.7 Å². The molecule has 0 aliphatic rings. The zero-order valence-corrected chi connectivity index (χ0v) is 12.8. The van der Waals surface area contributed by atoms with E-state index in [0.717, 1.165) is 4.47 Å². The summed E-state index contributed by atoms with van der Waals surface area (Å²) in [4.78, 5) is 33.6. The van der Waals surface area contributed by atoms with E-state index in [0.29, 0.717) is 16.9 Å². The molecule has 0 unspecified atom stereocenters. The Morgan fingerprint density at radius 1 is 1.29 bits per heavy atom. The number of thiophene rings is 1. The van der Waals surface area contributed by atoms with E-state index in [1.54, 1.807) is 24.3 Å². The number of esters is 1. The molecule has 0 atom stereocenters. The summed E-state index contributed by atoms with van der Waals surface area (Å²) in [6.45, 7) is -0.416. The van der Waals surface area contributed by atoms with Crippen LogP contribution in [0.3, 0.4) is 0 Å². The predicted octanol–water partition coefficient (Wildman–Crippen LogP) is 3.46. The van der Waals surface area contributed by atoms with E-state index in [4.69, 9.17) is 4.74 Å². The largest absolute Gasteiger partial charge is 0.453 e. The Hall–Kier alpha value is -2.06. The number of ether oxygens (including phenoxy) is 1. The van der Waals surface area contributed by atoms with Gasteiger partial charge in [-0.25, -0.2) is 4.79 Å². The molecule has 0 aliphatic carbocycles. The number of hydrogen-bond acceptors (Lipinski definition) is 6. The second kappa shape index (κ2) is 6.59. The lowest BCUT2D eigenvalue weighted by Crippen LogP contribution is -2.13. The molecule has 2 rings (SSSR count). The van der Waals surface area contributed by atoms with Crippen LogP contribution in [0.15, 0.2) is 40.9 Å². The summed E-state index contributed by atoms with van der Waals surface area (Å²) in [5.74, 6) is -1.10. The van der Waals surface area contributed by atoms with E-state index in [2.05, 4.69) is 15.9 Å². The number of halogens is 1. The quantitative estimate of drug-likeness (QED) is 0.348. The normalized spacial score (nSPS) is 10.1. The number of carbonyl (C=O) groups excluding carboxylic acids is 2. The minimum atomic E-state index is -0.753. The van der Waals surface area contributed by atoms with Gasteiger partial charge in [0.05, 0.1) is 4.92 Å². The van der Waals surface area contributed by atoms with Crippen LogP contribution in [0.1, 0.15) is 20.0 Å². The van der Waals surface area contributed by atoms with E-state index < -0.39 is 17.5 Å². The van der Waals surface area contributed by atoms with E-state index >= 15 is 0 Å². The molecule has 0 amide bonds. The molecule has 0 bridgehead atoms. The fourth-order valence-electron chi connectivity index (χ4n) is 1.48. The van der Waals surface area contributed by atoms with Gasteiger partial charge in [-0.15, -0.1) is 0 Å². The minimum Gasteiger partial charge on any atom is -0.453 e. The summed E-state index contributed by atoms with van der Waals surface area (Å²) in [7, 11) is 0. The Morgan fingerprint density at radius 2 is 2.05 bits per heavy atom. The van der Waals surface area contributed by atoms with Crippen LogP contribution in [0.25, 0.3) is 0 Å². The number of nitro groups is 1. The van der Waals surface area contributed by atoms with Crippen molar-refractivity contribution in [1.82, 2.24) is 0 Å². The first kappa shape index (κ1) is 15.3. The third-order valence-electron chi connectivity index (χ3n) is 2.45. The highest BCUT2D eigenvalue weighted by atomic mass is 79.9. The number of carbonyl (C=O) groups is 2. The second-order valence-electron chi connectivity index (χ2n) is 3.90. The highest BCUT2D eigenvalue weighted by Crippen LogP contribution is 2.24. The SMILES string of the molecule is O=C(COC(=O)c1ccc([N+](=O)[O-])s1)c1cccc(Br)c1. The molecule has 1 aromatic carbocycles. The smallest absolute Gasteiger partial charge is 0.349 e. The molecule has 0 radical (unpaired) electrons. The lowest BCUT2D eigenvalue weighted by atomic mass is 10.1. The Balaban J connectivity index is 1.97. The van der Waals surface area contributed by atoms with Gasteiger partial charge in [-0.3, -0.25) is 14.9 Å². The Bertz CT molecular complexity index is 712. The summed E-state index contributed by atoms with van der Waals surface area (Å²) < 4.78 is 5.61. The summed E-state index contributed by atoms with van der Waals surface area (Å²) in [5, 5.41) is 10.4. The zero-order chi connectivity index (χ0) is 15.4. The third kappa shape index (κ3) is 3.96. The van der Waals surface area contributed by atoms with Crippen LogP contribution >= 0.6 is 27.3 Å². The van der Waals surface area contributed by atoms with Gasteiger partial charge in [0.1, 0.15) is 4.88 Å². The first-order valence-electron chi connectivity index (χ1n) is 5.67. The molecule has 1 aromatic heterocycles. The maximum atomic E-state index is 11.8. The van der Waals surface area contributed by atoms with Gasteiger partial charge < -0.3 is 4.74 Å². The van der Waals surface area contributed by atoms with Crippen LogP contribution in [-0.4, -0.2) is 23.3 Å². The lowest BCUT2D eigenvalue weighted by Gasteiger charge is -2.03. The van der Waals surface area contributed by atoms with E-state index in [-0.39, 0.29) is 15.7 Å². The van der Waals surface area contributed by atoms with Crippen molar-refractivity contribution in [1.29, 1.82) is 0 Å². The van der Waals surface area contributed by atoms with Crippen LogP contribution in [0, 0.1) is 10.1 Å². The van der Waals surface area contributed by atoms with Gasteiger partial charge in [0, 0.05) is 16.1 Å². The molecule has 6 nitrogen and oxygen atoms in total. The summed E-state index contributed by atoms with van der Waals surface area (Å²) in [5.41, 5.74) is 0.411.